The molecule has 37 heteroatoms. The summed E-state index contributed by atoms with van der Waals surface area (Å²) in [6, 6.07) is 15.6. The minimum absolute atomic E-state index is 0.278. The lowest BCUT2D eigenvalue weighted by Gasteiger charge is -2.24. The van der Waals surface area contributed by atoms with Gasteiger partial charge in [-0.3, -0.25) is 78.8 Å². The number of nitro benzene ring substituents is 4. The van der Waals surface area contributed by atoms with Gasteiger partial charge in [0, 0.05) is 48.5 Å². The van der Waals surface area contributed by atoms with Gasteiger partial charge >= 0.3 is 72.4 Å². The normalized spacial score (nSPS) is 14.7. The molecule has 1 saturated heterocycles. The SMILES string of the molecule is O=C(CCC(=O)OC(=O)Oc1ccc([N+](=O)[O-])cc1)OCC1OC(OC(=O)CCC(=O)OC(=O)Oc2ccc([N+](=O)[O-])cc2)C(OC(=O)CCC(=O)OC(=O)Oc2ccc([N+](=O)[O-])cc2)C1OC(=O)CCC(=O)OC(=O)Oc1ccc([N+](=O)[O-])cc1. The summed E-state index contributed by atoms with van der Waals surface area (Å²) in [5.74, 6) is -12.4. The van der Waals surface area contributed by atoms with Crippen molar-refractivity contribution in [2.45, 2.75) is 76.0 Å². The molecule has 5 rings (SSSR count). The Kier molecular flexibility index (Phi) is 23.6. The Bertz CT molecular complexity index is 3270. The number of carbonyl (C=O) groups excluding carboxylic acids is 12. The van der Waals surface area contributed by atoms with E-state index in [9.17, 15) is 98.0 Å². The van der Waals surface area contributed by atoms with E-state index in [4.69, 9.17) is 42.6 Å². The number of nitrogens with zero attached hydrogens (tertiary/aromatic N) is 4. The number of carbonyl (C=O) groups is 12. The van der Waals surface area contributed by atoms with Crippen LogP contribution >= 0.6 is 0 Å². The maximum absolute atomic E-state index is 13.4. The van der Waals surface area contributed by atoms with Crippen molar-refractivity contribution >= 4 is 95.1 Å². The molecule has 1 fully saturated rings. The fourth-order valence-electron chi connectivity index (χ4n) is 6.45. The molecule has 86 heavy (non-hydrogen) atoms. The van der Waals surface area contributed by atoms with Gasteiger partial charge in [0.15, 0.2) is 6.10 Å². The van der Waals surface area contributed by atoms with E-state index in [0.717, 1.165) is 97.1 Å². The largest absolute Gasteiger partial charge is 0.521 e. The van der Waals surface area contributed by atoms with Gasteiger partial charge in [-0.15, -0.1) is 0 Å². The van der Waals surface area contributed by atoms with Crippen molar-refractivity contribution in [2.24, 2.45) is 0 Å². The molecular formula is C49H38N4O33. The van der Waals surface area contributed by atoms with E-state index in [1.807, 2.05) is 0 Å². The Labute approximate surface area is 476 Å². The van der Waals surface area contributed by atoms with Crippen LogP contribution in [0.1, 0.15) is 51.4 Å². The van der Waals surface area contributed by atoms with E-state index in [1.165, 1.54) is 0 Å². The Morgan fingerprint density at radius 1 is 0.337 bits per heavy atom. The molecule has 452 valence electrons. The average molecular weight is 1210 g/mol. The molecule has 1 heterocycles. The lowest BCUT2D eigenvalue weighted by atomic mass is 10.1. The Balaban J connectivity index is 1.28. The van der Waals surface area contributed by atoms with Crippen LogP contribution in [-0.4, -0.2) is 123 Å². The molecule has 4 aromatic carbocycles. The standard InChI is InChI=1S/C49H38N4O33/c54-35(17-18-39(58)83-46(62)75-30-9-1-26(2-10-30)50(66)67)74-25-34-43(80-36(55)19-22-40(59)84-47(63)76-31-11-3-27(4-12-31)51(68)69)44(81-37(56)20-23-41(60)85-48(64)77-32-13-5-28(6-14-32)52(70)71)45(79-34)82-38(57)21-24-42(61)86-49(65)78-33-15-7-29(8-16-33)53(72)73/h1-16,34,43-45H,17-25H2. The van der Waals surface area contributed by atoms with Crippen LogP contribution in [0, 0.1) is 40.5 Å². The van der Waals surface area contributed by atoms with Crippen LogP contribution in [0.2, 0.25) is 0 Å². The first-order valence-electron chi connectivity index (χ1n) is 23.9. The molecule has 1 aliphatic heterocycles. The third-order valence-electron chi connectivity index (χ3n) is 10.4. The molecule has 0 amide bonds. The van der Waals surface area contributed by atoms with Crippen LogP contribution in [0.5, 0.6) is 23.0 Å². The third kappa shape index (κ3) is 21.9. The smallest absolute Gasteiger partial charge is 0.463 e. The first-order valence-corrected chi connectivity index (χ1v) is 23.9. The van der Waals surface area contributed by atoms with Crippen LogP contribution in [0.25, 0.3) is 0 Å². The summed E-state index contributed by atoms with van der Waals surface area (Å²) < 4.78 is 63.8. The molecule has 0 aromatic heterocycles. The maximum atomic E-state index is 13.4. The molecule has 4 atom stereocenters. The molecule has 0 bridgehead atoms. The molecule has 37 nitrogen and oxygen atoms in total. The first-order chi connectivity index (χ1) is 40.8. The highest BCUT2D eigenvalue weighted by Crippen LogP contribution is 2.31. The van der Waals surface area contributed by atoms with Gasteiger partial charge in [0.25, 0.3) is 22.7 Å². The highest BCUT2D eigenvalue weighted by Gasteiger charge is 2.52. The van der Waals surface area contributed by atoms with E-state index in [0.29, 0.717) is 0 Å². The molecular weight excluding hydrogens is 1170 g/mol. The number of esters is 8. The molecule has 4 aromatic rings. The summed E-state index contributed by atoms with van der Waals surface area (Å²) in [6.45, 7) is -1.07. The summed E-state index contributed by atoms with van der Waals surface area (Å²) >= 11 is 0. The minimum Gasteiger partial charge on any atom is -0.463 e. The second-order valence-corrected chi connectivity index (χ2v) is 16.4. The second-order valence-electron chi connectivity index (χ2n) is 16.4. The quantitative estimate of drug-likeness (QED) is 0.0202. The van der Waals surface area contributed by atoms with Gasteiger partial charge in [0.1, 0.15) is 35.7 Å². The number of benzene rings is 4. The Morgan fingerprint density at radius 2 is 0.581 bits per heavy atom. The molecule has 0 radical (unpaired) electrons. The predicted octanol–water partition coefficient (Wildman–Crippen LogP) is 5.34. The summed E-state index contributed by atoms with van der Waals surface area (Å²) in [5.41, 5.74) is -1.52. The van der Waals surface area contributed by atoms with Crippen LogP contribution < -0.4 is 18.9 Å². The van der Waals surface area contributed by atoms with Crippen LogP contribution in [0.4, 0.5) is 41.9 Å². The van der Waals surface area contributed by atoms with E-state index in [2.05, 4.69) is 18.9 Å². The summed E-state index contributed by atoms with van der Waals surface area (Å²) in [6.07, 6.45) is -22.7. The molecule has 0 spiro atoms. The summed E-state index contributed by atoms with van der Waals surface area (Å²) in [7, 11) is 0. The Hall–Kier alpha value is -11.9. The maximum Gasteiger partial charge on any atom is 0.521 e. The highest BCUT2D eigenvalue weighted by molar-refractivity contribution is 5.88. The van der Waals surface area contributed by atoms with E-state index in [-0.39, 0.29) is 45.7 Å². The molecule has 0 N–H and O–H groups in total. The molecule has 0 saturated carbocycles. The van der Waals surface area contributed by atoms with Crippen molar-refractivity contribution in [1.29, 1.82) is 0 Å². The van der Waals surface area contributed by atoms with Gasteiger partial charge in [-0.2, -0.15) is 0 Å². The zero-order chi connectivity index (χ0) is 63.0. The van der Waals surface area contributed by atoms with Crippen molar-refractivity contribution in [3.8, 4) is 23.0 Å². The zero-order valence-electron chi connectivity index (χ0n) is 43.2. The molecule has 0 aliphatic carbocycles. The topological polar surface area (TPSA) is 497 Å². The van der Waals surface area contributed by atoms with Gasteiger partial charge in [-0.1, -0.05) is 0 Å². The summed E-state index contributed by atoms with van der Waals surface area (Å²) in [4.78, 5) is 192. The van der Waals surface area contributed by atoms with E-state index < -0.39 is 175 Å². The Morgan fingerprint density at radius 3 is 0.860 bits per heavy atom. The van der Waals surface area contributed by atoms with Gasteiger partial charge in [-0.25, -0.2) is 19.2 Å². The van der Waals surface area contributed by atoms with Crippen molar-refractivity contribution in [2.75, 3.05) is 6.61 Å². The second kappa shape index (κ2) is 31.3. The monoisotopic (exact) mass is 1210 g/mol. The number of hydrogen-bond donors (Lipinski definition) is 0. The van der Waals surface area contributed by atoms with Crippen LogP contribution in [0.3, 0.4) is 0 Å². The predicted molar refractivity (Wildman–Crippen MR) is 263 cm³/mol. The lowest BCUT2D eigenvalue weighted by Crippen LogP contribution is -2.43. The lowest BCUT2D eigenvalue weighted by molar-refractivity contribution is -0.385. The zero-order valence-corrected chi connectivity index (χ0v) is 43.2. The van der Waals surface area contributed by atoms with Gasteiger partial charge in [-0.05, 0) is 48.5 Å². The van der Waals surface area contributed by atoms with Crippen molar-refractivity contribution < 1.29 is 139 Å². The highest BCUT2D eigenvalue weighted by atomic mass is 16.8. The van der Waals surface area contributed by atoms with E-state index >= 15 is 0 Å². The van der Waals surface area contributed by atoms with Gasteiger partial charge < -0.3 is 61.6 Å². The minimum atomic E-state index is -2.25. The fourth-order valence-corrected chi connectivity index (χ4v) is 6.45. The molecule has 4 unspecified atom stereocenters. The van der Waals surface area contributed by atoms with E-state index in [1.54, 1.807) is 0 Å². The number of nitro groups is 4. The molecule has 1 aliphatic rings. The van der Waals surface area contributed by atoms with Crippen molar-refractivity contribution in [3.05, 3.63) is 138 Å². The van der Waals surface area contributed by atoms with Gasteiger partial charge in [0.05, 0.1) is 71.1 Å². The first kappa shape index (κ1) is 64.9. The van der Waals surface area contributed by atoms with Crippen molar-refractivity contribution in [3.63, 3.8) is 0 Å². The third-order valence-corrected chi connectivity index (χ3v) is 10.4. The fraction of sp³-hybridized carbons (Fsp3) is 0.265. The van der Waals surface area contributed by atoms with Crippen molar-refractivity contribution in [1.82, 2.24) is 0 Å². The number of hydrogen-bond acceptors (Lipinski definition) is 33. The van der Waals surface area contributed by atoms with Crippen LogP contribution in [-0.2, 0) is 81.0 Å². The number of non-ortho nitro benzene ring substituents is 4. The number of rotatable bonds is 25. The van der Waals surface area contributed by atoms with Crippen LogP contribution in [0.15, 0.2) is 97.1 Å². The average Bonchev–Trinajstić information content (AvgIpc) is 3.19. The summed E-state index contributed by atoms with van der Waals surface area (Å²) in [5, 5.41) is 43.6. The van der Waals surface area contributed by atoms with Gasteiger partial charge in [0.2, 0.25) is 12.4 Å². The number of ether oxygens (including phenoxy) is 13.